The van der Waals surface area contributed by atoms with E-state index in [1.54, 1.807) is 7.11 Å². The van der Waals surface area contributed by atoms with Crippen LogP contribution in [0.3, 0.4) is 0 Å². The number of hydrogen-bond donors (Lipinski definition) is 0. The highest BCUT2D eigenvalue weighted by Crippen LogP contribution is 2.25. The highest BCUT2D eigenvalue weighted by Gasteiger charge is 2.09. The SMILES string of the molecule is CCCC(CCl)c1cccc(OC)c1. The van der Waals surface area contributed by atoms with E-state index in [9.17, 15) is 0 Å². The zero-order valence-electron chi connectivity index (χ0n) is 8.79. The molecule has 0 bridgehead atoms. The van der Waals surface area contributed by atoms with Crippen LogP contribution in [0.5, 0.6) is 5.75 Å². The molecule has 0 saturated carbocycles. The lowest BCUT2D eigenvalue weighted by molar-refractivity contribution is 0.413. The van der Waals surface area contributed by atoms with E-state index in [0.717, 1.165) is 18.6 Å². The minimum Gasteiger partial charge on any atom is -0.497 e. The van der Waals surface area contributed by atoms with Crippen LogP contribution in [-0.2, 0) is 0 Å². The summed E-state index contributed by atoms with van der Waals surface area (Å²) in [6.07, 6.45) is 2.30. The van der Waals surface area contributed by atoms with E-state index in [0.29, 0.717) is 11.8 Å². The molecule has 1 aromatic rings. The van der Waals surface area contributed by atoms with Crippen molar-refractivity contribution in [1.29, 1.82) is 0 Å². The van der Waals surface area contributed by atoms with E-state index in [1.165, 1.54) is 5.56 Å². The van der Waals surface area contributed by atoms with E-state index in [2.05, 4.69) is 19.1 Å². The van der Waals surface area contributed by atoms with Gasteiger partial charge in [-0.15, -0.1) is 11.6 Å². The average molecular weight is 213 g/mol. The Hall–Kier alpha value is -0.690. The number of benzene rings is 1. The van der Waals surface area contributed by atoms with Gasteiger partial charge in [0.1, 0.15) is 5.75 Å². The van der Waals surface area contributed by atoms with Crippen LogP contribution in [0.25, 0.3) is 0 Å². The molecular formula is C12H17ClO. The minimum atomic E-state index is 0.455. The molecular weight excluding hydrogens is 196 g/mol. The third-order valence-corrected chi connectivity index (χ3v) is 2.76. The maximum Gasteiger partial charge on any atom is 0.119 e. The Morgan fingerprint density at radius 1 is 1.43 bits per heavy atom. The topological polar surface area (TPSA) is 9.23 Å². The van der Waals surface area contributed by atoms with Gasteiger partial charge in [0.05, 0.1) is 7.11 Å². The van der Waals surface area contributed by atoms with Crippen molar-refractivity contribution in [1.82, 2.24) is 0 Å². The number of hydrogen-bond acceptors (Lipinski definition) is 1. The van der Waals surface area contributed by atoms with E-state index >= 15 is 0 Å². The Bertz CT molecular complexity index is 273. The first-order chi connectivity index (χ1) is 6.81. The lowest BCUT2D eigenvalue weighted by Gasteiger charge is -2.13. The molecule has 0 saturated heterocycles. The van der Waals surface area contributed by atoms with Gasteiger partial charge < -0.3 is 4.74 Å². The van der Waals surface area contributed by atoms with E-state index in [-0.39, 0.29) is 0 Å². The third-order valence-electron chi connectivity index (χ3n) is 2.39. The molecule has 0 spiro atoms. The van der Waals surface area contributed by atoms with E-state index in [1.807, 2.05) is 12.1 Å². The summed E-state index contributed by atoms with van der Waals surface area (Å²) >= 11 is 5.94. The predicted octanol–water partition coefficient (Wildman–Crippen LogP) is 3.82. The second-order valence-electron chi connectivity index (χ2n) is 3.42. The molecule has 0 N–H and O–H groups in total. The summed E-state index contributed by atoms with van der Waals surface area (Å²) in [5, 5.41) is 0. The normalized spacial score (nSPS) is 12.5. The van der Waals surface area contributed by atoms with Gasteiger partial charge in [0.15, 0.2) is 0 Å². The Kier molecular flexibility index (Phi) is 4.81. The first-order valence-electron chi connectivity index (χ1n) is 5.01. The summed E-state index contributed by atoms with van der Waals surface area (Å²) in [6.45, 7) is 2.18. The van der Waals surface area contributed by atoms with Gasteiger partial charge in [-0.05, 0) is 30.0 Å². The van der Waals surface area contributed by atoms with Crippen LogP contribution >= 0.6 is 11.6 Å². The molecule has 0 radical (unpaired) electrons. The molecule has 1 rings (SSSR count). The number of ether oxygens (including phenoxy) is 1. The minimum absolute atomic E-state index is 0.455. The van der Waals surface area contributed by atoms with Gasteiger partial charge >= 0.3 is 0 Å². The number of halogens is 1. The standard InChI is InChI=1S/C12H17ClO/c1-3-5-11(9-13)10-6-4-7-12(8-10)14-2/h4,6-8,11H,3,5,9H2,1-2H3. The fourth-order valence-corrected chi connectivity index (χ4v) is 1.91. The number of rotatable bonds is 5. The summed E-state index contributed by atoms with van der Waals surface area (Å²) < 4.78 is 5.18. The smallest absolute Gasteiger partial charge is 0.119 e. The van der Waals surface area contributed by atoms with Gasteiger partial charge in [-0.3, -0.25) is 0 Å². The fraction of sp³-hybridized carbons (Fsp3) is 0.500. The number of methoxy groups -OCH3 is 1. The van der Waals surface area contributed by atoms with Crippen molar-refractivity contribution in [2.45, 2.75) is 25.7 Å². The largest absolute Gasteiger partial charge is 0.497 e. The van der Waals surface area contributed by atoms with Crippen molar-refractivity contribution in [2.24, 2.45) is 0 Å². The van der Waals surface area contributed by atoms with Crippen molar-refractivity contribution >= 4 is 11.6 Å². The molecule has 1 atom stereocenters. The van der Waals surface area contributed by atoms with E-state index in [4.69, 9.17) is 16.3 Å². The predicted molar refractivity (Wildman–Crippen MR) is 61.4 cm³/mol. The molecule has 1 nitrogen and oxygen atoms in total. The zero-order chi connectivity index (χ0) is 10.4. The lowest BCUT2D eigenvalue weighted by Crippen LogP contribution is -2.00. The first kappa shape index (κ1) is 11.4. The fourth-order valence-electron chi connectivity index (χ4n) is 1.58. The molecule has 1 aromatic carbocycles. The van der Waals surface area contributed by atoms with Gasteiger partial charge in [-0.25, -0.2) is 0 Å². The third kappa shape index (κ3) is 2.91. The maximum atomic E-state index is 5.94. The summed E-state index contributed by atoms with van der Waals surface area (Å²) in [5.41, 5.74) is 1.28. The van der Waals surface area contributed by atoms with Crippen molar-refractivity contribution in [3.8, 4) is 5.75 Å². The molecule has 0 aromatic heterocycles. The van der Waals surface area contributed by atoms with Crippen molar-refractivity contribution in [2.75, 3.05) is 13.0 Å². The molecule has 78 valence electrons. The molecule has 0 fully saturated rings. The molecule has 1 unspecified atom stereocenters. The second-order valence-corrected chi connectivity index (χ2v) is 3.73. The van der Waals surface area contributed by atoms with E-state index < -0.39 is 0 Å². The van der Waals surface area contributed by atoms with Gasteiger partial charge in [-0.2, -0.15) is 0 Å². The molecule has 0 amide bonds. The molecule has 0 heterocycles. The molecule has 0 aliphatic carbocycles. The lowest BCUT2D eigenvalue weighted by atomic mass is 9.96. The average Bonchev–Trinajstić information content (AvgIpc) is 2.26. The monoisotopic (exact) mass is 212 g/mol. The zero-order valence-corrected chi connectivity index (χ0v) is 9.55. The Labute approximate surface area is 91.0 Å². The highest BCUT2D eigenvalue weighted by molar-refractivity contribution is 6.18. The number of alkyl halides is 1. The van der Waals surface area contributed by atoms with Gasteiger partial charge in [0.2, 0.25) is 0 Å². The maximum absolute atomic E-state index is 5.94. The van der Waals surface area contributed by atoms with Crippen LogP contribution in [0.1, 0.15) is 31.2 Å². The summed E-state index contributed by atoms with van der Waals surface area (Å²) in [6, 6.07) is 8.16. The summed E-state index contributed by atoms with van der Waals surface area (Å²) in [5.74, 6) is 2.05. The van der Waals surface area contributed by atoms with Crippen LogP contribution in [0.4, 0.5) is 0 Å². The summed E-state index contributed by atoms with van der Waals surface area (Å²) in [4.78, 5) is 0. The molecule has 0 aliphatic heterocycles. The van der Waals surface area contributed by atoms with Crippen LogP contribution in [0.2, 0.25) is 0 Å². The van der Waals surface area contributed by atoms with Crippen molar-refractivity contribution < 1.29 is 4.74 Å². The molecule has 2 heteroatoms. The van der Waals surface area contributed by atoms with Crippen LogP contribution in [0.15, 0.2) is 24.3 Å². The van der Waals surface area contributed by atoms with Crippen LogP contribution in [-0.4, -0.2) is 13.0 Å². The Morgan fingerprint density at radius 2 is 2.21 bits per heavy atom. The molecule has 14 heavy (non-hydrogen) atoms. The molecule has 0 aliphatic rings. The van der Waals surface area contributed by atoms with Gasteiger partial charge in [0.25, 0.3) is 0 Å². The quantitative estimate of drug-likeness (QED) is 0.675. The van der Waals surface area contributed by atoms with Gasteiger partial charge in [0, 0.05) is 5.88 Å². The first-order valence-corrected chi connectivity index (χ1v) is 5.55. The Balaban J connectivity index is 2.80. The Morgan fingerprint density at radius 3 is 2.79 bits per heavy atom. The summed E-state index contributed by atoms with van der Waals surface area (Å²) in [7, 11) is 1.69. The second kappa shape index (κ2) is 5.92. The van der Waals surface area contributed by atoms with Crippen molar-refractivity contribution in [3.05, 3.63) is 29.8 Å². The van der Waals surface area contributed by atoms with Crippen LogP contribution < -0.4 is 4.74 Å². The van der Waals surface area contributed by atoms with Crippen molar-refractivity contribution in [3.63, 3.8) is 0 Å². The highest BCUT2D eigenvalue weighted by atomic mass is 35.5. The van der Waals surface area contributed by atoms with Crippen LogP contribution in [0, 0.1) is 0 Å². The van der Waals surface area contributed by atoms with Gasteiger partial charge in [-0.1, -0.05) is 25.5 Å².